The van der Waals surface area contributed by atoms with Gasteiger partial charge >= 0.3 is 0 Å². The zero-order valence-corrected chi connectivity index (χ0v) is 21.0. The van der Waals surface area contributed by atoms with E-state index in [1.54, 1.807) is 0 Å². The molecule has 10 heteroatoms. The first-order valence-electron chi connectivity index (χ1n) is 12.6. The first kappa shape index (κ1) is 22.9. The van der Waals surface area contributed by atoms with E-state index in [0.717, 1.165) is 60.7 Å². The number of amides is 1. The Bertz CT molecular complexity index is 1170. The number of piperidine rings is 1. The van der Waals surface area contributed by atoms with Gasteiger partial charge in [0.05, 0.1) is 47.5 Å². The molecule has 0 bridgehead atoms. The van der Waals surface area contributed by atoms with Crippen molar-refractivity contribution in [1.29, 1.82) is 0 Å². The quantitative estimate of drug-likeness (QED) is 0.630. The number of fused-ring (bicyclic) bond motifs is 3. The number of nitrogens with zero attached hydrogens (tertiary/aromatic N) is 6. The van der Waals surface area contributed by atoms with E-state index in [9.17, 15) is 9.00 Å². The van der Waals surface area contributed by atoms with Crippen molar-refractivity contribution < 1.29 is 13.7 Å². The van der Waals surface area contributed by atoms with Crippen molar-refractivity contribution >= 4 is 22.9 Å². The zero-order chi connectivity index (χ0) is 23.9. The van der Waals surface area contributed by atoms with Crippen LogP contribution in [0, 0.1) is 0 Å². The summed E-state index contributed by atoms with van der Waals surface area (Å²) in [6.45, 7) is 8.20. The predicted octanol–water partition coefficient (Wildman–Crippen LogP) is 1.97. The molecule has 6 rings (SSSR count). The molecule has 1 amide bonds. The molecule has 0 saturated carbocycles. The second-order valence-electron chi connectivity index (χ2n) is 9.78. The van der Waals surface area contributed by atoms with Gasteiger partial charge in [-0.2, -0.15) is 10.2 Å². The highest BCUT2D eigenvalue weighted by Crippen LogP contribution is 2.40. The number of morpholine rings is 1. The fourth-order valence-electron chi connectivity index (χ4n) is 5.55. The van der Waals surface area contributed by atoms with E-state index in [1.807, 2.05) is 35.4 Å². The monoisotopic (exact) mass is 496 g/mol. The summed E-state index contributed by atoms with van der Waals surface area (Å²) in [6.07, 6.45) is 4.07. The van der Waals surface area contributed by atoms with Crippen LogP contribution >= 0.6 is 0 Å². The van der Waals surface area contributed by atoms with E-state index in [4.69, 9.17) is 9.84 Å². The van der Waals surface area contributed by atoms with Gasteiger partial charge in [0.1, 0.15) is 0 Å². The van der Waals surface area contributed by atoms with Crippen LogP contribution in [0.5, 0.6) is 0 Å². The Labute approximate surface area is 208 Å². The van der Waals surface area contributed by atoms with Crippen molar-refractivity contribution in [2.24, 2.45) is 5.10 Å². The molecule has 1 aromatic carbocycles. The maximum absolute atomic E-state index is 13.6. The third-order valence-electron chi connectivity index (χ3n) is 7.54. The molecule has 4 aliphatic heterocycles. The molecule has 35 heavy (non-hydrogen) atoms. The van der Waals surface area contributed by atoms with Crippen LogP contribution in [0.25, 0.3) is 11.3 Å². The second kappa shape index (κ2) is 9.48. The van der Waals surface area contributed by atoms with E-state index in [0.29, 0.717) is 43.8 Å². The molecule has 2 fully saturated rings. The largest absolute Gasteiger partial charge is 0.378 e. The summed E-state index contributed by atoms with van der Waals surface area (Å²) < 4.78 is 20.7. The van der Waals surface area contributed by atoms with Crippen molar-refractivity contribution in [1.82, 2.24) is 24.6 Å². The summed E-state index contributed by atoms with van der Waals surface area (Å²) in [5, 5.41) is 11.5. The second-order valence-corrected chi connectivity index (χ2v) is 11.2. The lowest BCUT2D eigenvalue weighted by molar-refractivity contribution is 0.0297. The van der Waals surface area contributed by atoms with Crippen molar-refractivity contribution in [2.75, 3.05) is 52.5 Å². The van der Waals surface area contributed by atoms with E-state index in [2.05, 4.69) is 26.6 Å². The van der Waals surface area contributed by atoms with Gasteiger partial charge in [-0.3, -0.25) is 23.6 Å². The first-order valence-corrected chi connectivity index (χ1v) is 13.9. The number of likely N-dealkylation sites (tertiary alicyclic amines) is 1. The molecule has 3 unspecified atom stereocenters. The number of aromatic nitrogens is 2. The minimum absolute atomic E-state index is 0.0722. The Morgan fingerprint density at radius 1 is 1.17 bits per heavy atom. The molecule has 0 aliphatic carbocycles. The van der Waals surface area contributed by atoms with Crippen LogP contribution < -0.4 is 0 Å². The van der Waals surface area contributed by atoms with Crippen LogP contribution in [0.1, 0.15) is 41.9 Å². The Hall–Kier alpha value is -2.56. The van der Waals surface area contributed by atoms with Crippen molar-refractivity contribution in [3.63, 3.8) is 0 Å². The van der Waals surface area contributed by atoms with Gasteiger partial charge in [0.25, 0.3) is 5.91 Å². The van der Waals surface area contributed by atoms with E-state index in [1.165, 1.54) is 0 Å². The highest BCUT2D eigenvalue weighted by Gasteiger charge is 2.36. The van der Waals surface area contributed by atoms with Gasteiger partial charge in [0.15, 0.2) is 5.69 Å². The molecular weight excluding hydrogens is 464 g/mol. The minimum atomic E-state index is -1.19. The Morgan fingerprint density at radius 2 is 2.00 bits per heavy atom. The van der Waals surface area contributed by atoms with Gasteiger partial charge in [-0.05, 0) is 32.4 Å². The fourth-order valence-corrected chi connectivity index (χ4v) is 6.88. The molecule has 5 heterocycles. The number of hydrazone groups is 1. The van der Waals surface area contributed by atoms with Crippen LogP contribution in [0.2, 0.25) is 0 Å². The maximum atomic E-state index is 13.6. The lowest BCUT2D eigenvalue weighted by atomic mass is 10.0. The Balaban J connectivity index is 1.34. The van der Waals surface area contributed by atoms with Crippen molar-refractivity contribution in [2.45, 2.75) is 42.5 Å². The van der Waals surface area contributed by atoms with Gasteiger partial charge in [-0.1, -0.05) is 18.2 Å². The topological polar surface area (TPSA) is 83.3 Å². The van der Waals surface area contributed by atoms with Gasteiger partial charge in [0, 0.05) is 55.0 Å². The van der Waals surface area contributed by atoms with E-state index >= 15 is 0 Å². The number of hydrogen-bond acceptors (Lipinski definition) is 7. The number of benzene rings is 1. The maximum Gasteiger partial charge on any atom is 0.274 e. The molecule has 4 aliphatic rings. The van der Waals surface area contributed by atoms with Crippen molar-refractivity contribution in [3.8, 4) is 11.3 Å². The number of rotatable bonds is 5. The van der Waals surface area contributed by atoms with Crippen LogP contribution in [0.3, 0.4) is 0 Å². The average molecular weight is 497 g/mol. The summed E-state index contributed by atoms with van der Waals surface area (Å²) in [6, 6.07) is 8.46. The summed E-state index contributed by atoms with van der Waals surface area (Å²) >= 11 is 0. The van der Waals surface area contributed by atoms with E-state index < -0.39 is 10.8 Å². The summed E-state index contributed by atoms with van der Waals surface area (Å²) in [7, 11) is -1.19. The molecule has 1 aromatic heterocycles. The molecule has 9 nitrogen and oxygen atoms in total. The molecule has 3 atom stereocenters. The summed E-state index contributed by atoms with van der Waals surface area (Å²) in [5.74, 6) is 0.260. The Morgan fingerprint density at radius 3 is 2.77 bits per heavy atom. The minimum Gasteiger partial charge on any atom is -0.378 e. The normalized spacial score (nSPS) is 26.3. The van der Waals surface area contributed by atoms with Gasteiger partial charge in [-0.25, -0.2) is 0 Å². The van der Waals surface area contributed by atoms with Crippen LogP contribution in [0.15, 0.2) is 34.3 Å². The number of carbonyl (C=O) groups is 1. The van der Waals surface area contributed by atoms with Gasteiger partial charge in [-0.15, -0.1) is 0 Å². The van der Waals surface area contributed by atoms with Gasteiger partial charge < -0.3 is 9.64 Å². The third kappa shape index (κ3) is 4.21. The number of hydrogen-bond donors (Lipinski definition) is 0. The van der Waals surface area contributed by atoms with Crippen LogP contribution in [-0.4, -0.2) is 99.4 Å². The highest BCUT2D eigenvalue weighted by molar-refractivity contribution is 7.84. The summed E-state index contributed by atoms with van der Waals surface area (Å²) in [5.41, 5.74) is 3.22. The van der Waals surface area contributed by atoms with E-state index in [-0.39, 0.29) is 11.9 Å². The molecule has 186 valence electrons. The molecule has 0 radical (unpaired) electrons. The lowest BCUT2D eigenvalue weighted by Gasteiger charge is -2.37. The highest BCUT2D eigenvalue weighted by atomic mass is 32.2. The van der Waals surface area contributed by atoms with Crippen LogP contribution in [-0.2, 0) is 21.3 Å². The standard InChI is InChI=1S/C25H32N6O3S/c1-18-15-26-30(18)10-9-28-8-4-5-19(16-28)31-24-20-6-2-3-7-22(20)35(33)17-21(24)23(27-31)25(32)29-11-13-34-14-12-29/h2-3,6-7,15,18-19H,4-5,8-14,16-17H2,1H3. The molecule has 2 aromatic rings. The zero-order valence-electron chi connectivity index (χ0n) is 20.1. The third-order valence-corrected chi connectivity index (χ3v) is 8.94. The lowest BCUT2D eigenvalue weighted by Crippen LogP contribution is -2.45. The predicted molar refractivity (Wildman–Crippen MR) is 134 cm³/mol. The SMILES string of the molecule is CC1C=NN1CCN1CCCC(n2nc(C(=O)N3CCOCC3)c3c2-c2ccccc2S(=O)C3)C1. The Kier molecular flexibility index (Phi) is 6.19. The number of ether oxygens (including phenoxy) is 1. The fraction of sp³-hybridized carbons (Fsp3) is 0.560. The smallest absolute Gasteiger partial charge is 0.274 e. The van der Waals surface area contributed by atoms with Gasteiger partial charge in [0.2, 0.25) is 0 Å². The molecular formula is C25H32N6O3S. The first-order chi connectivity index (χ1) is 17.1. The molecule has 0 spiro atoms. The summed E-state index contributed by atoms with van der Waals surface area (Å²) in [4.78, 5) is 18.7. The number of carbonyl (C=O) groups excluding carboxylic acids is 1. The van der Waals surface area contributed by atoms with Crippen molar-refractivity contribution in [3.05, 3.63) is 35.5 Å². The van der Waals surface area contributed by atoms with Crippen LogP contribution in [0.4, 0.5) is 0 Å². The molecule has 2 saturated heterocycles. The molecule has 0 N–H and O–H groups in total. The average Bonchev–Trinajstić information content (AvgIpc) is 3.28.